The number of rotatable bonds is 0. The number of hydrogen-bond donors (Lipinski definition) is 0. The van der Waals surface area contributed by atoms with Crippen molar-refractivity contribution in [1.82, 2.24) is 0 Å². The molecule has 2 aromatic rings. The molecule has 0 aliphatic carbocycles. The van der Waals surface area contributed by atoms with E-state index >= 15 is 0 Å². The van der Waals surface area contributed by atoms with Crippen LogP contribution in [0.25, 0.3) is 11.1 Å². The standard InChI is InChI=1S/C16H9Si/c1-3-12-8-7-10-14-13-9-5-6-11-15(13)17(4-2)16(12)14/h1-2,5-11H. The van der Waals surface area contributed by atoms with Crippen molar-refractivity contribution in [3.63, 3.8) is 0 Å². The number of hydrogen-bond acceptors (Lipinski definition) is 0. The van der Waals surface area contributed by atoms with Gasteiger partial charge >= 0.3 is 0 Å². The molecule has 3 rings (SSSR count). The molecule has 0 spiro atoms. The van der Waals surface area contributed by atoms with E-state index in [0.29, 0.717) is 0 Å². The van der Waals surface area contributed by atoms with E-state index in [2.05, 4.69) is 29.7 Å². The highest BCUT2D eigenvalue weighted by Gasteiger charge is 2.30. The van der Waals surface area contributed by atoms with Crippen LogP contribution in [0.5, 0.6) is 0 Å². The van der Waals surface area contributed by atoms with Gasteiger partial charge in [-0.25, -0.2) is 0 Å². The van der Waals surface area contributed by atoms with Crippen LogP contribution in [0.1, 0.15) is 5.56 Å². The molecule has 0 nitrogen and oxygen atoms in total. The van der Waals surface area contributed by atoms with E-state index in [1.165, 1.54) is 21.5 Å². The molecular weight excluding hydrogens is 220 g/mol. The highest BCUT2D eigenvalue weighted by molar-refractivity contribution is 6.95. The summed E-state index contributed by atoms with van der Waals surface area (Å²) >= 11 is 0. The quantitative estimate of drug-likeness (QED) is 0.473. The molecule has 0 fully saturated rings. The minimum absolute atomic E-state index is 0.950. The molecule has 1 heteroatoms. The van der Waals surface area contributed by atoms with E-state index < -0.39 is 8.80 Å². The topological polar surface area (TPSA) is 0 Å². The van der Waals surface area contributed by atoms with Crippen LogP contribution in [0, 0.1) is 24.3 Å². The average Bonchev–Trinajstić information content (AvgIpc) is 2.72. The van der Waals surface area contributed by atoms with Gasteiger partial charge in [-0.2, -0.15) is 0 Å². The maximum absolute atomic E-state index is 5.71. The summed E-state index contributed by atoms with van der Waals surface area (Å²) in [5.41, 5.74) is 6.39. The van der Waals surface area contributed by atoms with Gasteiger partial charge in [0.05, 0.1) is 0 Å². The molecule has 2 aromatic carbocycles. The highest BCUT2D eigenvalue weighted by atomic mass is 28.3. The zero-order chi connectivity index (χ0) is 11.8. The fraction of sp³-hybridized carbons (Fsp3) is 0. The van der Waals surface area contributed by atoms with Gasteiger partial charge in [0, 0.05) is 5.56 Å². The lowest BCUT2D eigenvalue weighted by Crippen LogP contribution is -2.38. The zero-order valence-corrected chi connectivity index (χ0v) is 10.2. The molecule has 0 saturated carbocycles. The summed E-state index contributed by atoms with van der Waals surface area (Å²) in [6.45, 7) is 0. The lowest BCUT2D eigenvalue weighted by Gasteiger charge is -2.05. The minimum atomic E-state index is -1.12. The summed E-state index contributed by atoms with van der Waals surface area (Å²) in [4.78, 5) is 0. The lowest BCUT2D eigenvalue weighted by molar-refractivity contribution is 1.68. The van der Waals surface area contributed by atoms with E-state index in [9.17, 15) is 0 Å². The molecule has 1 aliphatic rings. The van der Waals surface area contributed by atoms with Crippen molar-refractivity contribution in [2.24, 2.45) is 0 Å². The second-order valence-electron chi connectivity index (χ2n) is 3.94. The third-order valence-electron chi connectivity index (χ3n) is 3.10. The van der Waals surface area contributed by atoms with Crippen LogP contribution in [-0.2, 0) is 0 Å². The summed E-state index contributed by atoms with van der Waals surface area (Å²) in [6, 6.07) is 14.4. The van der Waals surface area contributed by atoms with Crippen LogP contribution < -0.4 is 10.4 Å². The minimum Gasteiger partial charge on any atom is -0.127 e. The first-order chi connectivity index (χ1) is 8.36. The number of fused-ring (bicyclic) bond motifs is 3. The fourth-order valence-electron chi connectivity index (χ4n) is 2.39. The molecule has 0 saturated heterocycles. The molecule has 0 bridgehead atoms. The van der Waals surface area contributed by atoms with Crippen LogP contribution in [-0.4, -0.2) is 8.80 Å². The van der Waals surface area contributed by atoms with Gasteiger partial charge in [0.1, 0.15) is 0 Å². The van der Waals surface area contributed by atoms with E-state index in [1.54, 1.807) is 0 Å². The fourth-order valence-corrected chi connectivity index (χ4v) is 4.62. The maximum Gasteiger partial charge on any atom is 0.215 e. The van der Waals surface area contributed by atoms with Crippen molar-refractivity contribution < 1.29 is 0 Å². The Morgan fingerprint density at radius 3 is 2.41 bits per heavy atom. The Balaban J connectivity index is 2.41. The predicted molar refractivity (Wildman–Crippen MR) is 73.7 cm³/mol. The number of benzene rings is 2. The van der Waals surface area contributed by atoms with Crippen LogP contribution >= 0.6 is 0 Å². The normalized spacial score (nSPS) is 12.4. The van der Waals surface area contributed by atoms with Gasteiger partial charge in [0.15, 0.2) is 0 Å². The second kappa shape index (κ2) is 3.66. The van der Waals surface area contributed by atoms with Gasteiger partial charge in [0.25, 0.3) is 0 Å². The zero-order valence-electron chi connectivity index (χ0n) is 9.20. The molecule has 1 radical (unpaired) electrons. The van der Waals surface area contributed by atoms with Crippen LogP contribution in [0.3, 0.4) is 0 Å². The van der Waals surface area contributed by atoms with Crippen molar-refractivity contribution in [1.29, 1.82) is 0 Å². The Kier molecular flexibility index (Phi) is 2.15. The highest BCUT2D eigenvalue weighted by Crippen LogP contribution is 2.23. The monoisotopic (exact) mass is 229 g/mol. The number of terminal acetylenes is 2. The van der Waals surface area contributed by atoms with Crippen molar-refractivity contribution >= 4 is 19.2 Å². The Bertz CT molecular complexity index is 683. The molecule has 77 valence electrons. The molecule has 0 unspecified atom stereocenters. The summed E-state index contributed by atoms with van der Waals surface area (Å²) in [6.07, 6.45) is 11.3. The second-order valence-corrected chi connectivity index (χ2v) is 6.01. The first-order valence-electron chi connectivity index (χ1n) is 5.40. The van der Waals surface area contributed by atoms with Gasteiger partial charge < -0.3 is 0 Å². The Labute approximate surface area is 103 Å². The molecule has 0 amide bonds. The summed E-state index contributed by atoms with van der Waals surface area (Å²) in [5.74, 6) is 2.76. The van der Waals surface area contributed by atoms with Crippen molar-refractivity contribution in [3.05, 3.63) is 48.0 Å². The summed E-state index contributed by atoms with van der Waals surface area (Å²) in [7, 11) is -1.12. The van der Waals surface area contributed by atoms with Gasteiger partial charge in [0.2, 0.25) is 8.80 Å². The third-order valence-corrected chi connectivity index (χ3v) is 5.40. The van der Waals surface area contributed by atoms with Crippen molar-refractivity contribution in [2.75, 3.05) is 0 Å². The molecule has 0 atom stereocenters. The van der Waals surface area contributed by atoms with Gasteiger partial charge in [-0.1, -0.05) is 42.3 Å². The van der Waals surface area contributed by atoms with E-state index in [-0.39, 0.29) is 0 Å². The van der Waals surface area contributed by atoms with Crippen LogP contribution in [0.2, 0.25) is 0 Å². The SMILES string of the molecule is C#Cc1cccc2c1[Si](C#C)c1ccccc1-2. The Morgan fingerprint density at radius 1 is 0.882 bits per heavy atom. The van der Waals surface area contributed by atoms with E-state index in [1.807, 2.05) is 24.3 Å². The van der Waals surface area contributed by atoms with E-state index in [0.717, 1.165) is 5.56 Å². The Morgan fingerprint density at radius 2 is 1.65 bits per heavy atom. The predicted octanol–water partition coefficient (Wildman–Crippen LogP) is 1.43. The molecule has 1 heterocycles. The van der Waals surface area contributed by atoms with Gasteiger partial charge in [-0.05, 0) is 27.6 Å². The van der Waals surface area contributed by atoms with Crippen LogP contribution in [0.15, 0.2) is 42.5 Å². The lowest BCUT2D eigenvalue weighted by atomic mass is 10.0. The summed E-state index contributed by atoms with van der Waals surface area (Å²) < 4.78 is 0. The van der Waals surface area contributed by atoms with Crippen molar-refractivity contribution in [3.8, 4) is 35.4 Å². The first-order valence-corrected chi connectivity index (χ1v) is 6.90. The summed E-state index contributed by atoms with van der Waals surface area (Å²) in [5, 5.41) is 2.50. The largest absolute Gasteiger partial charge is 0.215 e. The molecular formula is C16H9Si. The van der Waals surface area contributed by atoms with Crippen LogP contribution in [0.4, 0.5) is 0 Å². The molecule has 1 aliphatic heterocycles. The molecule has 17 heavy (non-hydrogen) atoms. The van der Waals surface area contributed by atoms with E-state index in [4.69, 9.17) is 12.8 Å². The maximum atomic E-state index is 5.71. The molecule has 0 aromatic heterocycles. The smallest absolute Gasteiger partial charge is 0.127 e. The van der Waals surface area contributed by atoms with Crippen molar-refractivity contribution in [2.45, 2.75) is 0 Å². The third kappa shape index (κ3) is 1.27. The average molecular weight is 229 g/mol. The Hall–Kier alpha value is -2.22. The van der Waals surface area contributed by atoms with Gasteiger partial charge in [-0.3, -0.25) is 0 Å². The first kappa shape index (κ1) is 9.96. The van der Waals surface area contributed by atoms with Gasteiger partial charge in [-0.15, -0.1) is 18.4 Å². The molecule has 0 N–H and O–H groups in total.